The van der Waals surface area contributed by atoms with E-state index in [1.165, 1.54) is 11.3 Å². The molecule has 3 aromatic heterocycles. The van der Waals surface area contributed by atoms with Crippen molar-refractivity contribution in [1.82, 2.24) is 24.8 Å². The molecule has 3 aromatic rings. The zero-order valence-corrected chi connectivity index (χ0v) is 15.8. The summed E-state index contributed by atoms with van der Waals surface area (Å²) in [7, 11) is 0. The van der Waals surface area contributed by atoms with Crippen LogP contribution in [0, 0.1) is 13.8 Å². The molecule has 0 radical (unpaired) electrons. The van der Waals surface area contributed by atoms with Crippen LogP contribution in [0.25, 0.3) is 0 Å². The van der Waals surface area contributed by atoms with Crippen LogP contribution < -0.4 is 5.32 Å². The number of rotatable bonds is 5. The van der Waals surface area contributed by atoms with Gasteiger partial charge in [-0.3, -0.25) is 9.88 Å². The van der Waals surface area contributed by atoms with Crippen LogP contribution in [-0.2, 0) is 6.54 Å². The Labute approximate surface area is 157 Å². The van der Waals surface area contributed by atoms with Crippen molar-refractivity contribution < 1.29 is 0 Å². The molecule has 0 aromatic carbocycles. The quantitative estimate of drug-likeness (QED) is 0.735. The van der Waals surface area contributed by atoms with Crippen LogP contribution >= 0.6 is 11.3 Å². The molecule has 26 heavy (non-hydrogen) atoms. The molecular formula is C19H22N6S. The molecule has 4 heterocycles. The zero-order valence-electron chi connectivity index (χ0n) is 15.0. The number of hydrogen-bond acceptors (Lipinski definition) is 7. The maximum Gasteiger partial charge on any atom is 0.135 e. The SMILES string of the molecule is Cc1nc(Nc2ncccc2C)cc([C@H]2CCCN2Cc2cncs2)n1. The third-order valence-corrected chi connectivity index (χ3v) is 5.43. The Morgan fingerprint density at radius 2 is 2.23 bits per heavy atom. The van der Waals surface area contributed by atoms with Gasteiger partial charge in [0.15, 0.2) is 0 Å². The molecule has 0 bridgehead atoms. The van der Waals surface area contributed by atoms with Gasteiger partial charge in [-0.15, -0.1) is 11.3 Å². The molecule has 0 aliphatic carbocycles. The molecular weight excluding hydrogens is 344 g/mol. The summed E-state index contributed by atoms with van der Waals surface area (Å²) >= 11 is 1.71. The van der Waals surface area contributed by atoms with E-state index >= 15 is 0 Å². The first-order valence-corrected chi connectivity index (χ1v) is 9.72. The van der Waals surface area contributed by atoms with Gasteiger partial charge in [-0.2, -0.15) is 0 Å². The minimum absolute atomic E-state index is 0.323. The molecule has 1 aliphatic heterocycles. The zero-order chi connectivity index (χ0) is 17.9. The fourth-order valence-corrected chi connectivity index (χ4v) is 4.05. The van der Waals surface area contributed by atoms with Crippen molar-refractivity contribution in [3.63, 3.8) is 0 Å². The van der Waals surface area contributed by atoms with Crippen molar-refractivity contribution in [3.05, 3.63) is 58.1 Å². The second kappa shape index (κ2) is 7.47. The van der Waals surface area contributed by atoms with E-state index in [1.807, 2.05) is 37.7 Å². The lowest BCUT2D eigenvalue weighted by Crippen LogP contribution is -2.23. The van der Waals surface area contributed by atoms with Gasteiger partial charge >= 0.3 is 0 Å². The van der Waals surface area contributed by atoms with Gasteiger partial charge < -0.3 is 5.32 Å². The van der Waals surface area contributed by atoms with E-state index in [1.54, 1.807) is 17.5 Å². The van der Waals surface area contributed by atoms with Gasteiger partial charge in [-0.05, 0) is 44.9 Å². The summed E-state index contributed by atoms with van der Waals surface area (Å²) in [6.07, 6.45) is 6.06. The largest absolute Gasteiger partial charge is 0.325 e. The van der Waals surface area contributed by atoms with E-state index in [2.05, 4.69) is 31.2 Å². The third kappa shape index (κ3) is 3.73. The summed E-state index contributed by atoms with van der Waals surface area (Å²) in [6.45, 7) is 6.01. The van der Waals surface area contributed by atoms with Gasteiger partial charge in [-0.1, -0.05) is 6.07 Å². The number of pyridine rings is 1. The Morgan fingerprint density at radius 3 is 3.04 bits per heavy atom. The van der Waals surface area contributed by atoms with Crippen LogP contribution in [-0.4, -0.2) is 31.4 Å². The van der Waals surface area contributed by atoms with E-state index in [0.717, 1.165) is 48.2 Å². The first-order valence-electron chi connectivity index (χ1n) is 8.84. The highest BCUT2D eigenvalue weighted by Gasteiger charge is 2.28. The van der Waals surface area contributed by atoms with E-state index in [-0.39, 0.29) is 0 Å². The minimum Gasteiger partial charge on any atom is -0.325 e. The molecule has 0 amide bonds. The van der Waals surface area contributed by atoms with Crippen molar-refractivity contribution in [2.24, 2.45) is 0 Å². The predicted octanol–water partition coefficient (Wildman–Crippen LogP) is 4.03. The van der Waals surface area contributed by atoms with Crippen molar-refractivity contribution in [3.8, 4) is 0 Å². The van der Waals surface area contributed by atoms with Crippen LogP contribution in [0.15, 0.2) is 36.1 Å². The van der Waals surface area contributed by atoms with Crippen LogP contribution in [0.5, 0.6) is 0 Å². The predicted molar refractivity (Wildman–Crippen MR) is 104 cm³/mol. The van der Waals surface area contributed by atoms with Crippen molar-refractivity contribution in [2.75, 3.05) is 11.9 Å². The number of anilines is 2. The number of thiazole rings is 1. The molecule has 1 N–H and O–H groups in total. The van der Waals surface area contributed by atoms with Crippen LogP contribution in [0.2, 0.25) is 0 Å². The Morgan fingerprint density at radius 1 is 1.31 bits per heavy atom. The molecule has 4 rings (SSSR count). The molecule has 1 aliphatic rings. The van der Waals surface area contributed by atoms with E-state index in [9.17, 15) is 0 Å². The van der Waals surface area contributed by atoms with Crippen molar-refractivity contribution >= 4 is 23.0 Å². The monoisotopic (exact) mass is 366 g/mol. The van der Waals surface area contributed by atoms with E-state index in [0.29, 0.717) is 6.04 Å². The van der Waals surface area contributed by atoms with E-state index in [4.69, 9.17) is 4.98 Å². The maximum absolute atomic E-state index is 4.73. The minimum atomic E-state index is 0.323. The normalized spacial score (nSPS) is 17.5. The van der Waals surface area contributed by atoms with Gasteiger partial charge in [0.1, 0.15) is 17.5 Å². The first-order chi connectivity index (χ1) is 12.7. The molecule has 1 saturated heterocycles. The van der Waals surface area contributed by atoms with E-state index < -0.39 is 0 Å². The summed E-state index contributed by atoms with van der Waals surface area (Å²) in [6, 6.07) is 6.37. The molecule has 7 heteroatoms. The number of nitrogens with one attached hydrogen (secondary N) is 1. The average Bonchev–Trinajstić information content (AvgIpc) is 3.29. The number of aromatic nitrogens is 4. The topological polar surface area (TPSA) is 66.8 Å². The summed E-state index contributed by atoms with van der Waals surface area (Å²) in [5.74, 6) is 2.42. The summed E-state index contributed by atoms with van der Waals surface area (Å²) < 4.78 is 0. The fraction of sp³-hybridized carbons (Fsp3) is 0.368. The van der Waals surface area contributed by atoms with Gasteiger partial charge in [0, 0.05) is 29.9 Å². The smallest absolute Gasteiger partial charge is 0.135 e. The summed E-state index contributed by atoms with van der Waals surface area (Å²) in [5.41, 5.74) is 4.07. The fourth-order valence-electron chi connectivity index (χ4n) is 3.43. The van der Waals surface area contributed by atoms with Crippen LogP contribution in [0.4, 0.5) is 11.6 Å². The van der Waals surface area contributed by atoms with Crippen LogP contribution in [0.3, 0.4) is 0 Å². The lowest BCUT2D eigenvalue weighted by atomic mass is 10.1. The second-order valence-electron chi connectivity index (χ2n) is 6.62. The van der Waals surface area contributed by atoms with Gasteiger partial charge in [0.25, 0.3) is 0 Å². The molecule has 1 fully saturated rings. The molecule has 0 saturated carbocycles. The first kappa shape index (κ1) is 17.1. The maximum atomic E-state index is 4.73. The Hall–Kier alpha value is -2.38. The third-order valence-electron chi connectivity index (χ3n) is 4.66. The number of likely N-dealkylation sites (tertiary alicyclic amines) is 1. The average molecular weight is 366 g/mol. The van der Waals surface area contributed by atoms with Crippen molar-refractivity contribution in [1.29, 1.82) is 0 Å². The molecule has 0 spiro atoms. The number of nitrogens with zero attached hydrogens (tertiary/aromatic N) is 5. The highest BCUT2D eigenvalue weighted by atomic mass is 32.1. The summed E-state index contributed by atoms with van der Waals surface area (Å²) in [4.78, 5) is 21.7. The Kier molecular flexibility index (Phi) is 4.90. The summed E-state index contributed by atoms with van der Waals surface area (Å²) in [5, 5.41) is 3.35. The van der Waals surface area contributed by atoms with Gasteiger partial charge in [0.05, 0.1) is 17.2 Å². The molecule has 0 unspecified atom stereocenters. The number of aryl methyl sites for hydroxylation is 2. The number of hydrogen-bond donors (Lipinski definition) is 1. The molecule has 6 nitrogen and oxygen atoms in total. The van der Waals surface area contributed by atoms with Crippen molar-refractivity contribution in [2.45, 2.75) is 39.3 Å². The van der Waals surface area contributed by atoms with Gasteiger partial charge in [0.2, 0.25) is 0 Å². The second-order valence-corrected chi connectivity index (χ2v) is 7.59. The highest BCUT2D eigenvalue weighted by Crippen LogP contribution is 2.33. The lowest BCUT2D eigenvalue weighted by molar-refractivity contribution is 0.246. The van der Waals surface area contributed by atoms with Crippen LogP contribution in [0.1, 0.15) is 40.8 Å². The highest BCUT2D eigenvalue weighted by molar-refractivity contribution is 7.09. The Balaban J connectivity index is 1.58. The van der Waals surface area contributed by atoms with Gasteiger partial charge in [-0.25, -0.2) is 15.0 Å². The lowest BCUT2D eigenvalue weighted by Gasteiger charge is -2.24. The standard InChI is InChI=1S/C19H22N6S/c1-13-5-3-7-21-19(13)24-18-9-16(22-14(2)23-18)17-6-4-8-25(17)11-15-10-20-12-26-15/h3,5,7,9-10,12,17H,4,6,8,11H2,1-2H3,(H,21,22,23,24)/t17-/m1/s1. The Bertz CT molecular complexity index is 879. The molecule has 134 valence electrons. The molecule has 1 atom stereocenters.